The SMILES string of the molecule is COc1ccc(CNC(=O)C2CCCC(N)C2)c(OC2CCCC2)c1. The lowest BCUT2D eigenvalue weighted by atomic mass is 9.85. The molecule has 2 saturated carbocycles. The predicted molar refractivity (Wildman–Crippen MR) is 97.7 cm³/mol. The second kappa shape index (κ2) is 8.56. The minimum Gasteiger partial charge on any atom is -0.497 e. The third-order valence-electron chi connectivity index (χ3n) is 5.41. The molecule has 0 bridgehead atoms. The first kappa shape index (κ1) is 18.1. The smallest absolute Gasteiger partial charge is 0.223 e. The Balaban J connectivity index is 1.63. The van der Waals surface area contributed by atoms with Gasteiger partial charge in [0, 0.05) is 30.1 Å². The van der Waals surface area contributed by atoms with Gasteiger partial charge in [-0.25, -0.2) is 0 Å². The third-order valence-corrected chi connectivity index (χ3v) is 5.41. The lowest BCUT2D eigenvalue weighted by Crippen LogP contribution is -2.37. The van der Waals surface area contributed by atoms with Crippen molar-refractivity contribution in [3.05, 3.63) is 23.8 Å². The topological polar surface area (TPSA) is 73.6 Å². The molecule has 2 aliphatic carbocycles. The van der Waals surface area contributed by atoms with Crippen molar-refractivity contribution in [2.45, 2.75) is 70.1 Å². The van der Waals surface area contributed by atoms with E-state index in [4.69, 9.17) is 15.2 Å². The highest BCUT2D eigenvalue weighted by Gasteiger charge is 2.25. The average molecular weight is 346 g/mol. The molecule has 3 rings (SSSR count). The summed E-state index contributed by atoms with van der Waals surface area (Å²) in [5.41, 5.74) is 7.00. The lowest BCUT2D eigenvalue weighted by molar-refractivity contribution is -0.126. The molecule has 5 nitrogen and oxygen atoms in total. The van der Waals surface area contributed by atoms with Crippen molar-refractivity contribution < 1.29 is 14.3 Å². The molecule has 3 N–H and O–H groups in total. The molecule has 138 valence electrons. The Kier molecular flexibility index (Phi) is 6.19. The minimum atomic E-state index is 0.0428. The van der Waals surface area contributed by atoms with E-state index in [-0.39, 0.29) is 24.0 Å². The predicted octanol–water partition coefficient (Wildman–Crippen LogP) is 3.15. The van der Waals surface area contributed by atoms with Crippen LogP contribution in [0.3, 0.4) is 0 Å². The summed E-state index contributed by atoms with van der Waals surface area (Å²) in [7, 11) is 1.66. The molecule has 1 amide bonds. The van der Waals surface area contributed by atoms with Gasteiger partial charge in [0.05, 0.1) is 13.2 Å². The van der Waals surface area contributed by atoms with Crippen molar-refractivity contribution in [2.24, 2.45) is 11.7 Å². The van der Waals surface area contributed by atoms with E-state index in [0.29, 0.717) is 6.54 Å². The zero-order chi connectivity index (χ0) is 17.6. The van der Waals surface area contributed by atoms with Gasteiger partial charge in [-0.05, 0) is 57.1 Å². The van der Waals surface area contributed by atoms with E-state index >= 15 is 0 Å². The summed E-state index contributed by atoms with van der Waals surface area (Å²) < 4.78 is 11.5. The molecule has 2 aliphatic rings. The Hall–Kier alpha value is -1.75. The Morgan fingerprint density at radius 1 is 1.20 bits per heavy atom. The third kappa shape index (κ3) is 4.88. The largest absolute Gasteiger partial charge is 0.497 e. The molecule has 2 unspecified atom stereocenters. The van der Waals surface area contributed by atoms with Crippen molar-refractivity contribution in [1.82, 2.24) is 5.32 Å². The summed E-state index contributed by atoms with van der Waals surface area (Å²) in [4.78, 5) is 12.5. The van der Waals surface area contributed by atoms with E-state index in [2.05, 4.69) is 5.32 Å². The number of nitrogens with two attached hydrogens (primary N) is 1. The van der Waals surface area contributed by atoms with Gasteiger partial charge < -0.3 is 20.5 Å². The van der Waals surface area contributed by atoms with Gasteiger partial charge in [-0.1, -0.05) is 6.42 Å². The molecule has 0 spiro atoms. The van der Waals surface area contributed by atoms with Gasteiger partial charge >= 0.3 is 0 Å². The van der Waals surface area contributed by atoms with Crippen molar-refractivity contribution in [3.8, 4) is 11.5 Å². The number of carbonyl (C=O) groups excluding carboxylic acids is 1. The van der Waals surface area contributed by atoms with E-state index in [9.17, 15) is 4.79 Å². The Labute approximate surface area is 150 Å². The van der Waals surface area contributed by atoms with Crippen molar-refractivity contribution in [1.29, 1.82) is 0 Å². The summed E-state index contributed by atoms with van der Waals surface area (Å²) >= 11 is 0. The maximum Gasteiger partial charge on any atom is 0.223 e. The fraction of sp³-hybridized carbons (Fsp3) is 0.650. The Morgan fingerprint density at radius 3 is 2.72 bits per heavy atom. The number of carbonyl (C=O) groups is 1. The quantitative estimate of drug-likeness (QED) is 0.830. The average Bonchev–Trinajstić information content (AvgIpc) is 3.13. The highest BCUT2D eigenvalue weighted by atomic mass is 16.5. The van der Waals surface area contributed by atoms with Crippen LogP contribution < -0.4 is 20.5 Å². The normalized spacial score (nSPS) is 24.1. The molecule has 0 heterocycles. The maximum atomic E-state index is 12.5. The van der Waals surface area contributed by atoms with Crippen LogP contribution >= 0.6 is 0 Å². The van der Waals surface area contributed by atoms with Gasteiger partial charge in [-0.15, -0.1) is 0 Å². The van der Waals surface area contributed by atoms with Crippen LogP contribution in [-0.2, 0) is 11.3 Å². The zero-order valence-corrected chi connectivity index (χ0v) is 15.1. The summed E-state index contributed by atoms with van der Waals surface area (Å²) in [6.45, 7) is 0.483. The summed E-state index contributed by atoms with van der Waals surface area (Å²) in [6.07, 6.45) is 8.72. The number of amides is 1. The molecule has 2 fully saturated rings. The van der Waals surface area contributed by atoms with E-state index in [0.717, 1.165) is 55.6 Å². The molecule has 5 heteroatoms. The van der Waals surface area contributed by atoms with Crippen LogP contribution in [0.1, 0.15) is 56.9 Å². The molecule has 0 radical (unpaired) electrons. The second-order valence-electron chi connectivity index (χ2n) is 7.34. The van der Waals surface area contributed by atoms with Gasteiger partial charge in [0.2, 0.25) is 5.91 Å². The van der Waals surface area contributed by atoms with Gasteiger partial charge in [-0.3, -0.25) is 4.79 Å². The first-order valence-corrected chi connectivity index (χ1v) is 9.52. The molecular weight excluding hydrogens is 316 g/mol. The van der Waals surface area contributed by atoms with Crippen LogP contribution in [0.15, 0.2) is 18.2 Å². The molecule has 1 aromatic carbocycles. The number of rotatable bonds is 6. The van der Waals surface area contributed by atoms with Crippen LogP contribution in [0.4, 0.5) is 0 Å². The first-order valence-electron chi connectivity index (χ1n) is 9.52. The van der Waals surface area contributed by atoms with Gasteiger partial charge in [-0.2, -0.15) is 0 Å². The fourth-order valence-corrected chi connectivity index (χ4v) is 3.90. The molecule has 0 saturated heterocycles. The van der Waals surface area contributed by atoms with Gasteiger partial charge in [0.15, 0.2) is 0 Å². The van der Waals surface area contributed by atoms with Gasteiger partial charge in [0.25, 0.3) is 0 Å². The Morgan fingerprint density at radius 2 is 2.00 bits per heavy atom. The molecule has 2 atom stereocenters. The second-order valence-corrected chi connectivity index (χ2v) is 7.34. The summed E-state index contributed by atoms with van der Waals surface area (Å²) in [6, 6.07) is 5.98. The minimum absolute atomic E-state index is 0.0428. The molecule has 0 aromatic heterocycles. The molecule has 0 aliphatic heterocycles. The molecular formula is C20H30N2O3. The summed E-state index contributed by atoms with van der Waals surface area (Å²) in [5.74, 6) is 1.76. The fourth-order valence-electron chi connectivity index (χ4n) is 3.90. The van der Waals surface area contributed by atoms with Gasteiger partial charge in [0.1, 0.15) is 11.5 Å². The Bertz CT molecular complexity index is 584. The lowest BCUT2D eigenvalue weighted by Gasteiger charge is -2.26. The van der Waals surface area contributed by atoms with E-state index in [1.165, 1.54) is 12.8 Å². The highest BCUT2D eigenvalue weighted by molar-refractivity contribution is 5.78. The van der Waals surface area contributed by atoms with Crippen LogP contribution in [0.2, 0.25) is 0 Å². The van der Waals surface area contributed by atoms with Crippen LogP contribution in [-0.4, -0.2) is 25.2 Å². The standard InChI is InChI=1S/C20H30N2O3/c1-24-18-10-9-15(19(12-18)25-17-7-2-3-8-17)13-22-20(23)14-5-4-6-16(21)11-14/h9-10,12,14,16-17H,2-8,11,13,21H2,1H3,(H,22,23). The number of benzene rings is 1. The highest BCUT2D eigenvalue weighted by Crippen LogP contribution is 2.30. The van der Waals surface area contributed by atoms with Crippen LogP contribution in [0, 0.1) is 5.92 Å². The number of hydrogen-bond acceptors (Lipinski definition) is 4. The van der Waals surface area contributed by atoms with Crippen LogP contribution in [0.5, 0.6) is 11.5 Å². The van der Waals surface area contributed by atoms with E-state index < -0.39 is 0 Å². The first-order chi connectivity index (χ1) is 12.2. The van der Waals surface area contributed by atoms with Crippen LogP contribution in [0.25, 0.3) is 0 Å². The number of hydrogen-bond donors (Lipinski definition) is 2. The molecule has 25 heavy (non-hydrogen) atoms. The van der Waals surface area contributed by atoms with Crippen molar-refractivity contribution in [3.63, 3.8) is 0 Å². The zero-order valence-electron chi connectivity index (χ0n) is 15.1. The number of methoxy groups -OCH3 is 1. The van der Waals surface area contributed by atoms with Crippen molar-refractivity contribution >= 4 is 5.91 Å². The van der Waals surface area contributed by atoms with E-state index in [1.54, 1.807) is 7.11 Å². The number of nitrogens with one attached hydrogen (secondary N) is 1. The maximum absolute atomic E-state index is 12.5. The van der Waals surface area contributed by atoms with E-state index in [1.807, 2.05) is 18.2 Å². The van der Waals surface area contributed by atoms with Crippen molar-refractivity contribution in [2.75, 3.05) is 7.11 Å². The summed E-state index contributed by atoms with van der Waals surface area (Å²) in [5, 5.41) is 3.08. The number of ether oxygens (including phenoxy) is 2. The monoisotopic (exact) mass is 346 g/mol. The molecule has 1 aromatic rings.